The highest BCUT2D eigenvalue weighted by atomic mass is 32.1. The Balaban J connectivity index is 2.25. The lowest BCUT2D eigenvalue weighted by molar-refractivity contribution is -0.159. The van der Waals surface area contributed by atoms with Gasteiger partial charge >= 0.3 is 5.97 Å². The van der Waals surface area contributed by atoms with E-state index in [0.29, 0.717) is 37.9 Å². The maximum atomic E-state index is 14.4. The number of piperidine rings is 1. The highest BCUT2D eigenvalue weighted by Gasteiger charge is 2.37. The summed E-state index contributed by atoms with van der Waals surface area (Å²) in [6, 6.07) is -1.39. The second kappa shape index (κ2) is 19.7. The second-order valence-electron chi connectivity index (χ2n) is 13.7. The van der Waals surface area contributed by atoms with Gasteiger partial charge in [0.15, 0.2) is 6.73 Å². The number of primary amides is 1. The minimum atomic E-state index is -0.777. The molecule has 1 aliphatic rings. The Morgan fingerprint density at radius 2 is 1.81 bits per heavy atom. The van der Waals surface area contributed by atoms with Crippen molar-refractivity contribution in [2.24, 2.45) is 29.4 Å². The fourth-order valence-corrected chi connectivity index (χ4v) is 6.45. The molecule has 2 rings (SSSR count). The zero-order valence-corrected chi connectivity index (χ0v) is 30.5. The number of nitrogens with zero attached hydrogens (tertiary/aromatic N) is 3. The molecule has 12 nitrogen and oxygen atoms in total. The summed E-state index contributed by atoms with van der Waals surface area (Å²) < 4.78 is 5.68. The van der Waals surface area contributed by atoms with E-state index in [1.807, 2.05) is 53.5 Å². The van der Waals surface area contributed by atoms with Crippen molar-refractivity contribution in [3.05, 3.63) is 16.1 Å². The Kier molecular flexibility index (Phi) is 16.8. The summed E-state index contributed by atoms with van der Waals surface area (Å²) in [5.41, 5.74) is 5.59. The first-order valence-corrected chi connectivity index (χ1v) is 18.0. The smallest absolute Gasteiger partial charge is 0.307 e. The van der Waals surface area contributed by atoms with Crippen LogP contribution in [0.2, 0.25) is 0 Å². The SMILES string of the molecule is CCC(C)[C@H](NC(=O)[C@H]1CCCCN1C)C(=O)N(COC(=O)CC(C)C)[C@H](CCc1nc(C(=O)NCC[C@H](C)C(N)=O)cs1)C(C)C. The molecule has 5 atom stereocenters. The number of hydrogen-bond acceptors (Lipinski definition) is 9. The third kappa shape index (κ3) is 12.8. The van der Waals surface area contributed by atoms with Gasteiger partial charge in [-0.1, -0.05) is 61.3 Å². The molecule has 0 aromatic carbocycles. The Morgan fingerprint density at radius 1 is 1.11 bits per heavy atom. The van der Waals surface area contributed by atoms with E-state index in [9.17, 15) is 24.0 Å². The number of thiazole rings is 1. The third-order valence-electron chi connectivity index (χ3n) is 9.03. The minimum absolute atomic E-state index is 0.00418. The van der Waals surface area contributed by atoms with Gasteiger partial charge < -0.3 is 26.0 Å². The van der Waals surface area contributed by atoms with Crippen LogP contribution in [0.4, 0.5) is 0 Å². The highest BCUT2D eigenvalue weighted by Crippen LogP contribution is 2.24. The van der Waals surface area contributed by atoms with Crippen molar-refractivity contribution in [1.82, 2.24) is 25.4 Å². The number of aromatic nitrogens is 1. The predicted molar refractivity (Wildman–Crippen MR) is 183 cm³/mol. The largest absolute Gasteiger partial charge is 0.444 e. The first-order valence-electron chi connectivity index (χ1n) is 17.1. The highest BCUT2D eigenvalue weighted by molar-refractivity contribution is 7.09. The number of ether oxygens (including phenoxy) is 1. The molecule has 4 amide bonds. The fourth-order valence-electron chi connectivity index (χ4n) is 5.66. The second-order valence-corrected chi connectivity index (χ2v) is 14.7. The van der Waals surface area contributed by atoms with E-state index in [-0.39, 0.29) is 72.6 Å². The number of likely N-dealkylation sites (tertiary alicyclic amines) is 1. The first-order chi connectivity index (χ1) is 22.2. The van der Waals surface area contributed by atoms with E-state index in [1.54, 1.807) is 17.2 Å². The number of nitrogens with two attached hydrogens (primary N) is 1. The lowest BCUT2D eigenvalue weighted by Crippen LogP contribution is -2.59. The van der Waals surface area contributed by atoms with Gasteiger partial charge in [-0.15, -0.1) is 11.3 Å². The number of esters is 1. The molecule has 1 unspecified atom stereocenters. The molecule has 1 fully saturated rings. The zero-order valence-electron chi connectivity index (χ0n) is 29.7. The lowest BCUT2D eigenvalue weighted by Gasteiger charge is -2.39. The molecule has 1 saturated heterocycles. The maximum absolute atomic E-state index is 14.4. The predicted octanol–water partition coefficient (Wildman–Crippen LogP) is 3.73. The summed E-state index contributed by atoms with van der Waals surface area (Å²) in [6.07, 6.45) is 5.12. The monoisotopic (exact) mass is 678 g/mol. The van der Waals surface area contributed by atoms with E-state index in [1.165, 1.54) is 11.3 Å². The summed E-state index contributed by atoms with van der Waals surface area (Å²) in [5.74, 6) is -1.92. The van der Waals surface area contributed by atoms with Gasteiger partial charge in [-0.3, -0.25) is 28.9 Å². The van der Waals surface area contributed by atoms with Gasteiger partial charge in [-0.2, -0.15) is 0 Å². The molecule has 266 valence electrons. The molecular formula is C34H58N6O6S. The Labute approximate surface area is 284 Å². The first kappa shape index (κ1) is 40.1. The minimum Gasteiger partial charge on any atom is -0.444 e. The summed E-state index contributed by atoms with van der Waals surface area (Å²) in [5, 5.41) is 8.31. The van der Waals surface area contributed by atoms with Crippen molar-refractivity contribution >= 4 is 40.9 Å². The van der Waals surface area contributed by atoms with Crippen LogP contribution in [0.3, 0.4) is 0 Å². The van der Waals surface area contributed by atoms with E-state index < -0.39 is 11.9 Å². The fraction of sp³-hybridized carbons (Fsp3) is 0.765. The van der Waals surface area contributed by atoms with E-state index in [2.05, 4.69) is 15.6 Å². The quantitative estimate of drug-likeness (QED) is 0.147. The number of aryl methyl sites for hydroxylation is 1. The molecular weight excluding hydrogens is 620 g/mol. The number of carbonyl (C=O) groups is 5. The molecule has 2 heterocycles. The van der Waals surface area contributed by atoms with Gasteiger partial charge in [-0.05, 0) is 57.0 Å². The van der Waals surface area contributed by atoms with Gasteiger partial charge in [0.1, 0.15) is 11.7 Å². The lowest BCUT2D eigenvalue weighted by atomic mass is 9.93. The average molecular weight is 679 g/mol. The van der Waals surface area contributed by atoms with Crippen LogP contribution in [0.1, 0.15) is 109 Å². The molecule has 4 N–H and O–H groups in total. The molecule has 0 bridgehead atoms. The van der Waals surface area contributed by atoms with Gasteiger partial charge in [0, 0.05) is 36.7 Å². The van der Waals surface area contributed by atoms with Gasteiger partial charge in [0.2, 0.25) is 17.7 Å². The van der Waals surface area contributed by atoms with Gasteiger partial charge in [0.25, 0.3) is 5.91 Å². The summed E-state index contributed by atoms with van der Waals surface area (Å²) in [7, 11) is 1.94. The third-order valence-corrected chi connectivity index (χ3v) is 9.94. The van der Waals surface area contributed by atoms with Gasteiger partial charge in [0.05, 0.1) is 11.0 Å². The van der Waals surface area contributed by atoms with Crippen LogP contribution in [0.25, 0.3) is 0 Å². The van der Waals surface area contributed by atoms with Crippen LogP contribution in [-0.2, 0) is 30.3 Å². The van der Waals surface area contributed by atoms with Crippen molar-refractivity contribution < 1.29 is 28.7 Å². The van der Waals surface area contributed by atoms with Crippen LogP contribution < -0.4 is 16.4 Å². The number of nitrogens with one attached hydrogen (secondary N) is 2. The topological polar surface area (TPSA) is 164 Å². The average Bonchev–Trinajstić information content (AvgIpc) is 3.49. The van der Waals surface area contributed by atoms with E-state index in [4.69, 9.17) is 10.5 Å². The normalized spacial score (nSPS) is 17.9. The van der Waals surface area contributed by atoms with Crippen molar-refractivity contribution in [3.63, 3.8) is 0 Å². The van der Waals surface area contributed by atoms with Crippen LogP contribution in [-0.4, -0.2) is 89.4 Å². The van der Waals surface area contributed by atoms with Crippen molar-refractivity contribution in [2.45, 2.75) is 118 Å². The van der Waals surface area contributed by atoms with Crippen LogP contribution >= 0.6 is 11.3 Å². The number of carbonyl (C=O) groups excluding carboxylic acids is 5. The maximum Gasteiger partial charge on any atom is 0.307 e. The number of hydrogen-bond donors (Lipinski definition) is 3. The van der Waals surface area contributed by atoms with Crippen molar-refractivity contribution in [3.8, 4) is 0 Å². The Morgan fingerprint density at radius 3 is 2.40 bits per heavy atom. The number of amides is 4. The van der Waals surface area contributed by atoms with Crippen molar-refractivity contribution in [2.75, 3.05) is 26.9 Å². The molecule has 1 aliphatic heterocycles. The summed E-state index contributed by atoms with van der Waals surface area (Å²) >= 11 is 1.36. The molecule has 0 aliphatic carbocycles. The standard InChI is InChI=1S/C34H58N6O6S/c1-9-23(6)30(38-33(44)27-12-10-11-17-39(27)8)34(45)40(20-46-29(41)18-21(2)3)26(22(4)5)13-14-28-37-25(19-47-28)32(43)36-16-15-24(7)31(35)42/h19,21-24,26-27,30H,9-18,20H2,1-8H3,(H2,35,42)(H,36,43)(H,38,44)/t23?,24-,26+,27+,30-/m0/s1. The molecule has 0 spiro atoms. The zero-order chi connectivity index (χ0) is 35.3. The summed E-state index contributed by atoms with van der Waals surface area (Å²) in [6.45, 7) is 14.5. The number of likely N-dealkylation sites (N-methyl/N-ethyl adjacent to an activating group) is 1. The Bertz CT molecular complexity index is 1190. The summed E-state index contributed by atoms with van der Waals surface area (Å²) in [4.78, 5) is 72.7. The Hall–Kier alpha value is -3.06. The van der Waals surface area contributed by atoms with Crippen LogP contribution in [0.5, 0.6) is 0 Å². The molecule has 0 saturated carbocycles. The van der Waals surface area contributed by atoms with Gasteiger partial charge in [-0.25, -0.2) is 4.98 Å². The van der Waals surface area contributed by atoms with Crippen molar-refractivity contribution in [1.29, 1.82) is 0 Å². The van der Waals surface area contributed by atoms with Crippen LogP contribution in [0.15, 0.2) is 5.38 Å². The van der Waals surface area contributed by atoms with E-state index >= 15 is 0 Å². The van der Waals surface area contributed by atoms with Crippen LogP contribution in [0, 0.1) is 23.7 Å². The van der Waals surface area contributed by atoms with E-state index in [0.717, 1.165) is 30.8 Å². The molecule has 1 aromatic heterocycles. The molecule has 0 radical (unpaired) electrons. The molecule has 47 heavy (non-hydrogen) atoms. The molecule has 13 heteroatoms. The number of rotatable bonds is 19. The molecule has 1 aromatic rings.